The summed E-state index contributed by atoms with van der Waals surface area (Å²) in [6.07, 6.45) is 5.25. The number of amides is 2. The van der Waals surface area contributed by atoms with Gasteiger partial charge in [-0.05, 0) is 74.0 Å². The highest BCUT2D eigenvalue weighted by molar-refractivity contribution is 5.87. The number of nitrogens with one attached hydrogen (secondary N) is 4. The smallest absolute Gasteiger partial charge is 0.407 e. The number of rotatable bonds is 7. The van der Waals surface area contributed by atoms with Crippen LogP contribution in [0.3, 0.4) is 0 Å². The van der Waals surface area contributed by atoms with E-state index < -0.39 is 12.1 Å². The summed E-state index contributed by atoms with van der Waals surface area (Å²) in [7, 11) is 1.30. The molecule has 4 N–H and O–H groups in total. The van der Waals surface area contributed by atoms with Crippen LogP contribution in [0, 0.1) is 5.92 Å². The van der Waals surface area contributed by atoms with E-state index in [1.165, 1.54) is 13.5 Å². The van der Waals surface area contributed by atoms with E-state index in [2.05, 4.69) is 50.9 Å². The van der Waals surface area contributed by atoms with Gasteiger partial charge in [0.2, 0.25) is 5.91 Å². The molecule has 0 radical (unpaired) electrons. The quantitative estimate of drug-likeness (QED) is 0.188. The number of fused-ring (bicyclic) bond motifs is 2. The standard InChI is InChI=1S/C34H38N8O3/c1-19(2)30(41-34(44)45-3)33(43)42-15-5-7-29(42)32-38-25-13-9-21(17-28(25)40-32)23-11-10-22(18-36-23)20-8-12-24-27(16-20)39-31(37-24)26-6-4-14-35-26/h8-13,16-19,26,29-30,35H,4-7,14-15H2,1-3H3,(H,37,39)(H,38,40)(H,41,44)/t26-,29-,30-/m0/s1. The van der Waals surface area contributed by atoms with E-state index in [-0.39, 0.29) is 17.9 Å². The van der Waals surface area contributed by atoms with Crippen molar-refractivity contribution in [2.24, 2.45) is 5.92 Å². The van der Waals surface area contributed by atoms with Crippen LogP contribution in [0.5, 0.6) is 0 Å². The number of hydrogen-bond donors (Lipinski definition) is 4. The van der Waals surface area contributed by atoms with Crippen molar-refractivity contribution in [3.05, 3.63) is 66.4 Å². The van der Waals surface area contributed by atoms with Crippen molar-refractivity contribution in [1.29, 1.82) is 0 Å². The molecule has 45 heavy (non-hydrogen) atoms. The number of ether oxygens (including phenoxy) is 1. The molecule has 2 aliphatic heterocycles. The van der Waals surface area contributed by atoms with Crippen LogP contribution in [-0.4, -0.2) is 68.1 Å². The molecular weight excluding hydrogens is 568 g/mol. The van der Waals surface area contributed by atoms with E-state index in [9.17, 15) is 9.59 Å². The topological polar surface area (TPSA) is 141 Å². The first-order valence-corrected chi connectivity index (χ1v) is 15.7. The van der Waals surface area contributed by atoms with Crippen molar-refractivity contribution >= 4 is 34.1 Å². The first-order chi connectivity index (χ1) is 21.9. The lowest BCUT2D eigenvalue weighted by Crippen LogP contribution is -2.51. The average molecular weight is 607 g/mol. The summed E-state index contributed by atoms with van der Waals surface area (Å²) in [6, 6.07) is 15.9. The Morgan fingerprint density at radius 1 is 0.911 bits per heavy atom. The molecule has 3 atom stereocenters. The van der Waals surface area contributed by atoms with E-state index >= 15 is 0 Å². The summed E-state index contributed by atoms with van der Waals surface area (Å²) in [6.45, 7) is 5.47. The molecular formula is C34H38N8O3. The predicted molar refractivity (Wildman–Crippen MR) is 172 cm³/mol. The predicted octanol–water partition coefficient (Wildman–Crippen LogP) is 5.64. The molecule has 5 heterocycles. The maximum atomic E-state index is 13.5. The molecule has 0 bridgehead atoms. The summed E-state index contributed by atoms with van der Waals surface area (Å²) in [5.74, 6) is 1.54. The fourth-order valence-corrected chi connectivity index (χ4v) is 6.57. The zero-order valence-corrected chi connectivity index (χ0v) is 25.8. The molecule has 0 spiro atoms. The van der Waals surface area contributed by atoms with Gasteiger partial charge in [-0.1, -0.05) is 32.0 Å². The minimum Gasteiger partial charge on any atom is -0.453 e. The Hall–Kier alpha value is -4.77. The number of methoxy groups -OCH3 is 1. The van der Waals surface area contributed by atoms with Crippen molar-refractivity contribution in [3.63, 3.8) is 0 Å². The number of aromatic nitrogens is 5. The van der Waals surface area contributed by atoms with Crippen LogP contribution in [0.2, 0.25) is 0 Å². The monoisotopic (exact) mass is 606 g/mol. The van der Waals surface area contributed by atoms with Gasteiger partial charge < -0.3 is 30.2 Å². The van der Waals surface area contributed by atoms with Gasteiger partial charge in [0.1, 0.15) is 17.7 Å². The van der Waals surface area contributed by atoms with Crippen LogP contribution in [-0.2, 0) is 9.53 Å². The Balaban J connectivity index is 1.09. The summed E-state index contributed by atoms with van der Waals surface area (Å²) in [5.41, 5.74) is 7.68. The normalized spacial score (nSPS) is 19.1. The zero-order valence-electron chi connectivity index (χ0n) is 25.8. The van der Waals surface area contributed by atoms with Gasteiger partial charge in [0.25, 0.3) is 0 Å². The molecule has 3 aromatic heterocycles. The number of carbonyl (C=O) groups excluding carboxylic acids is 2. The van der Waals surface area contributed by atoms with E-state index in [4.69, 9.17) is 19.7 Å². The lowest BCUT2D eigenvalue weighted by atomic mass is 10.0. The van der Waals surface area contributed by atoms with Gasteiger partial charge in [0.05, 0.1) is 47.0 Å². The van der Waals surface area contributed by atoms with Gasteiger partial charge in [0.15, 0.2) is 0 Å². The zero-order chi connectivity index (χ0) is 31.1. The summed E-state index contributed by atoms with van der Waals surface area (Å²) in [5, 5.41) is 6.21. The number of likely N-dealkylation sites (tertiary alicyclic amines) is 1. The molecule has 7 rings (SSSR count). The molecule has 0 aliphatic carbocycles. The number of pyridine rings is 1. The lowest BCUT2D eigenvalue weighted by Gasteiger charge is -2.29. The number of benzene rings is 2. The van der Waals surface area contributed by atoms with E-state index in [0.717, 1.165) is 81.9 Å². The molecule has 2 aromatic carbocycles. The second kappa shape index (κ2) is 12.0. The van der Waals surface area contributed by atoms with E-state index in [1.807, 2.05) is 43.1 Å². The van der Waals surface area contributed by atoms with Gasteiger partial charge in [-0.25, -0.2) is 14.8 Å². The van der Waals surface area contributed by atoms with Crippen LogP contribution < -0.4 is 10.6 Å². The first-order valence-electron chi connectivity index (χ1n) is 15.7. The summed E-state index contributed by atoms with van der Waals surface area (Å²) >= 11 is 0. The van der Waals surface area contributed by atoms with Gasteiger partial charge in [-0.2, -0.15) is 0 Å². The third-order valence-corrected chi connectivity index (χ3v) is 9.03. The molecule has 2 saturated heterocycles. The highest BCUT2D eigenvalue weighted by Gasteiger charge is 2.37. The van der Waals surface area contributed by atoms with Crippen LogP contribution in [0.1, 0.15) is 63.3 Å². The number of H-pyrrole nitrogens is 2. The largest absolute Gasteiger partial charge is 0.453 e. The second-order valence-electron chi connectivity index (χ2n) is 12.3. The van der Waals surface area contributed by atoms with Gasteiger partial charge in [-0.3, -0.25) is 9.78 Å². The maximum absolute atomic E-state index is 13.5. The highest BCUT2D eigenvalue weighted by Crippen LogP contribution is 2.34. The Labute approximate surface area is 261 Å². The van der Waals surface area contributed by atoms with Gasteiger partial charge in [-0.15, -0.1) is 0 Å². The van der Waals surface area contributed by atoms with Crippen LogP contribution >= 0.6 is 0 Å². The number of carbonyl (C=O) groups is 2. The molecule has 11 heteroatoms. The lowest BCUT2D eigenvalue weighted by molar-refractivity contribution is -0.135. The number of aromatic amines is 2. The third-order valence-electron chi connectivity index (χ3n) is 9.03. The molecule has 2 amide bonds. The number of hydrogen-bond acceptors (Lipinski definition) is 7. The molecule has 5 aromatic rings. The molecule has 2 aliphatic rings. The number of alkyl carbamates (subject to hydrolysis) is 1. The van der Waals surface area contributed by atoms with Crippen LogP contribution in [0.4, 0.5) is 4.79 Å². The first kappa shape index (κ1) is 29.0. The Morgan fingerprint density at radius 3 is 2.31 bits per heavy atom. The minimum atomic E-state index is -0.670. The Bertz CT molecular complexity index is 1850. The molecule has 0 saturated carbocycles. The number of nitrogens with zero attached hydrogens (tertiary/aromatic N) is 4. The van der Waals surface area contributed by atoms with Crippen LogP contribution in [0.15, 0.2) is 54.7 Å². The Morgan fingerprint density at radius 2 is 1.62 bits per heavy atom. The summed E-state index contributed by atoms with van der Waals surface area (Å²) < 4.78 is 4.75. The minimum absolute atomic E-state index is 0.0877. The Kier molecular flexibility index (Phi) is 7.70. The van der Waals surface area contributed by atoms with Crippen LogP contribution in [0.25, 0.3) is 44.5 Å². The SMILES string of the molecule is COC(=O)N[C@H](C(=O)N1CCC[C@H]1c1nc2ccc(-c3ccc(-c4ccc5nc([C@@H]6CCCN6)[nH]c5c4)cn3)cc2[nH]1)C(C)C. The fraction of sp³-hybridized carbons (Fsp3) is 0.382. The van der Waals surface area contributed by atoms with Crippen molar-refractivity contribution < 1.29 is 14.3 Å². The molecule has 2 fully saturated rings. The molecule has 0 unspecified atom stereocenters. The highest BCUT2D eigenvalue weighted by atomic mass is 16.5. The van der Waals surface area contributed by atoms with Crippen molar-refractivity contribution in [2.75, 3.05) is 20.2 Å². The second-order valence-corrected chi connectivity index (χ2v) is 12.3. The maximum Gasteiger partial charge on any atom is 0.407 e. The number of imidazole rings is 2. The molecule has 11 nitrogen and oxygen atoms in total. The van der Waals surface area contributed by atoms with Crippen molar-refractivity contribution in [1.82, 2.24) is 40.5 Å². The van der Waals surface area contributed by atoms with Crippen molar-refractivity contribution in [3.8, 4) is 22.4 Å². The third kappa shape index (κ3) is 5.64. The van der Waals surface area contributed by atoms with E-state index in [0.29, 0.717) is 12.6 Å². The average Bonchev–Trinajstić information content (AvgIpc) is 3.88. The summed E-state index contributed by atoms with van der Waals surface area (Å²) in [4.78, 5) is 48.7. The van der Waals surface area contributed by atoms with Gasteiger partial charge >= 0.3 is 6.09 Å². The van der Waals surface area contributed by atoms with E-state index in [1.54, 1.807) is 0 Å². The van der Waals surface area contributed by atoms with Crippen molar-refractivity contribution in [2.45, 2.75) is 57.7 Å². The molecule has 232 valence electrons. The fourth-order valence-electron chi connectivity index (χ4n) is 6.57. The van der Waals surface area contributed by atoms with Gasteiger partial charge in [0, 0.05) is 23.9 Å².